The largest absolute Gasteiger partial charge is 0.379 e. The van der Waals surface area contributed by atoms with Gasteiger partial charge in [-0.15, -0.1) is 0 Å². The Hall–Kier alpha value is -2.90. The van der Waals surface area contributed by atoms with E-state index in [2.05, 4.69) is 79.5 Å². The molecule has 2 aromatic carbocycles. The fourth-order valence-corrected chi connectivity index (χ4v) is 4.18. The number of aliphatic imine (C=N–C) groups is 1. The first kappa shape index (κ1) is 22.3. The van der Waals surface area contributed by atoms with Crippen molar-refractivity contribution in [3.8, 4) is 0 Å². The van der Waals surface area contributed by atoms with Crippen LogP contribution in [0.3, 0.4) is 0 Å². The number of aryl methyl sites for hydroxylation is 2. The minimum atomic E-state index is 0.752. The highest BCUT2D eigenvalue weighted by Gasteiger charge is 2.11. The molecule has 0 amide bonds. The molecular formula is C25H34N6O. The molecule has 2 heterocycles. The van der Waals surface area contributed by atoms with Gasteiger partial charge >= 0.3 is 0 Å². The normalized spacial score (nSPS) is 15.2. The SMILES string of the molecule is CN=C(NCCCn1c(C)nc2ccccc21)NCc1cccc(CN2CCOCC2)c1. The molecule has 1 aliphatic heterocycles. The van der Waals surface area contributed by atoms with Gasteiger partial charge in [-0.25, -0.2) is 4.98 Å². The van der Waals surface area contributed by atoms with Crippen molar-refractivity contribution in [1.82, 2.24) is 25.1 Å². The number of nitrogens with zero attached hydrogens (tertiary/aromatic N) is 4. The number of rotatable bonds is 8. The summed E-state index contributed by atoms with van der Waals surface area (Å²) in [5, 5.41) is 6.87. The first-order chi connectivity index (χ1) is 15.7. The van der Waals surface area contributed by atoms with Gasteiger partial charge in [0, 0.05) is 46.3 Å². The molecule has 7 nitrogen and oxygen atoms in total. The van der Waals surface area contributed by atoms with E-state index in [4.69, 9.17) is 4.74 Å². The molecule has 0 saturated carbocycles. The summed E-state index contributed by atoms with van der Waals surface area (Å²) < 4.78 is 7.73. The minimum Gasteiger partial charge on any atom is -0.379 e. The number of imidazole rings is 1. The van der Waals surface area contributed by atoms with Gasteiger partial charge in [-0.3, -0.25) is 9.89 Å². The van der Waals surface area contributed by atoms with Crippen LogP contribution in [0.1, 0.15) is 23.4 Å². The smallest absolute Gasteiger partial charge is 0.191 e. The van der Waals surface area contributed by atoms with Crippen LogP contribution in [0.15, 0.2) is 53.5 Å². The second-order valence-corrected chi connectivity index (χ2v) is 8.21. The zero-order valence-electron chi connectivity index (χ0n) is 19.2. The van der Waals surface area contributed by atoms with Crippen molar-refractivity contribution in [2.75, 3.05) is 39.9 Å². The summed E-state index contributed by atoms with van der Waals surface area (Å²) in [6, 6.07) is 17.1. The van der Waals surface area contributed by atoms with Crippen molar-refractivity contribution in [3.63, 3.8) is 0 Å². The maximum Gasteiger partial charge on any atom is 0.191 e. The Morgan fingerprint density at radius 2 is 1.88 bits per heavy atom. The number of guanidine groups is 1. The van der Waals surface area contributed by atoms with Gasteiger partial charge in [0.25, 0.3) is 0 Å². The Morgan fingerprint density at radius 1 is 1.06 bits per heavy atom. The van der Waals surface area contributed by atoms with E-state index in [9.17, 15) is 0 Å². The third kappa shape index (κ3) is 5.87. The molecular weight excluding hydrogens is 400 g/mol. The fraction of sp³-hybridized carbons (Fsp3) is 0.440. The lowest BCUT2D eigenvalue weighted by Gasteiger charge is -2.26. The lowest BCUT2D eigenvalue weighted by molar-refractivity contribution is 0.0342. The Kier molecular flexibility index (Phi) is 7.74. The second-order valence-electron chi connectivity index (χ2n) is 8.21. The predicted octanol–water partition coefficient (Wildman–Crippen LogP) is 2.93. The molecule has 0 bridgehead atoms. The monoisotopic (exact) mass is 434 g/mol. The molecule has 0 atom stereocenters. The van der Waals surface area contributed by atoms with E-state index in [1.54, 1.807) is 0 Å². The number of hydrogen-bond donors (Lipinski definition) is 2. The van der Waals surface area contributed by atoms with E-state index < -0.39 is 0 Å². The van der Waals surface area contributed by atoms with Gasteiger partial charge in [0.1, 0.15) is 5.82 Å². The van der Waals surface area contributed by atoms with E-state index in [0.717, 1.165) is 76.2 Å². The molecule has 0 aliphatic carbocycles. The zero-order valence-corrected chi connectivity index (χ0v) is 19.2. The van der Waals surface area contributed by atoms with Crippen LogP contribution in [0.25, 0.3) is 11.0 Å². The number of benzene rings is 2. The molecule has 1 aromatic heterocycles. The average Bonchev–Trinajstić information content (AvgIpc) is 3.14. The Bertz CT molecular complexity index is 1040. The second kappa shape index (κ2) is 11.1. The average molecular weight is 435 g/mol. The highest BCUT2D eigenvalue weighted by Crippen LogP contribution is 2.15. The molecule has 0 radical (unpaired) electrons. The van der Waals surface area contributed by atoms with Crippen LogP contribution in [-0.4, -0.2) is 60.3 Å². The number of para-hydroxylation sites is 2. The van der Waals surface area contributed by atoms with Gasteiger partial charge in [-0.2, -0.15) is 0 Å². The first-order valence-corrected chi connectivity index (χ1v) is 11.5. The number of fused-ring (bicyclic) bond motifs is 1. The topological polar surface area (TPSA) is 66.7 Å². The molecule has 4 rings (SSSR count). The molecule has 2 N–H and O–H groups in total. The van der Waals surface area contributed by atoms with E-state index in [1.165, 1.54) is 16.6 Å². The van der Waals surface area contributed by atoms with Crippen LogP contribution < -0.4 is 10.6 Å². The van der Waals surface area contributed by atoms with Crippen LogP contribution in [0.2, 0.25) is 0 Å². The summed E-state index contributed by atoms with van der Waals surface area (Å²) in [6.45, 7) is 9.26. The zero-order chi connectivity index (χ0) is 22.2. The van der Waals surface area contributed by atoms with Gasteiger partial charge in [0.2, 0.25) is 0 Å². The van der Waals surface area contributed by atoms with Crippen LogP contribution in [0, 0.1) is 6.92 Å². The Morgan fingerprint density at radius 3 is 2.72 bits per heavy atom. The number of aromatic nitrogens is 2. The number of morpholine rings is 1. The molecule has 0 spiro atoms. The van der Waals surface area contributed by atoms with Crippen molar-refractivity contribution < 1.29 is 4.74 Å². The number of nitrogens with one attached hydrogen (secondary N) is 2. The van der Waals surface area contributed by atoms with Crippen LogP contribution in [0.4, 0.5) is 0 Å². The van der Waals surface area contributed by atoms with Gasteiger partial charge < -0.3 is 19.9 Å². The summed E-state index contributed by atoms with van der Waals surface area (Å²) in [4.78, 5) is 11.5. The van der Waals surface area contributed by atoms with E-state index >= 15 is 0 Å². The standard InChI is InChI=1S/C25H34N6O/c1-20-29-23-9-3-4-10-24(23)31(20)12-6-11-27-25(26-2)28-18-21-7-5-8-22(17-21)19-30-13-15-32-16-14-30/h3-5,7-10,17H,6,11-16,18-19H2,1-2H3,(H2,26,27,28). The molecule has 32 heavy (non-hydrogen) atoms. The summed E-state index contributed by atoms with van der Waals surface area (Å²) in [7, 11) is 1.82. The quantitative estimate of drug-likeness (QED) is 0.324. The van der Waals surface area contributed by atoms with Crippen molar-refractivity contribution in [2.24, 2.45) is 4.99 Å². The van der Waals surface area contributed by atoms with Crippen molar-refractivity contribution >= 4 is 17.0 Å². The van der Waals surface area contributed by atoms with Crippen molar-refractivity contribution in [3.05, 3.63) is 65.5 Å². The highest BCUT2D eigenvalue weighted by atomic mass is 16.5. The summed E-state index contributed by atoms with van der Waals surface area (Å²) in [6.07, 6.45) is 0.997. The molecule has 170 valence electrons. The fourth-order valence-electron chi connectivity index (χ4n) is 4.18. The highest BCUT2D eigenvalue weighted by molar-refractivity contribution is 5.79. The maximum atomic E-state index is 5.45. The van der Waals surface area contributed by atoms with Crippen LogP contribution in [0.5, 0.6) is 0 Å². The molecule has 1 fully saturated rings. The first-order valence-electron chi connectivity index (χ1n) is 11.5. The third-order valence-electron chi connectivity index (χ3n) is 5.88. The van der Waals surface area contributed by atoms with Crippen molar-refractivity contribution in [1.29, 1.82) is 0 Å². The van der Waals surface area contributed by atoms with Gasteiger partial charge in [0.05, 0.1) is 24.2 Å². The molecule has 1 aliphatic rings. The van der Waals surface area contributed by atoms with E-state index in [-0.39, 0.29) is 0 Å². The van der Waals surface area contributed by atoms with Crippen LogP contribution in [-0.2, 0) is 24.4 Å². The van der Waals surface area contributed by atoms with E-state index in [0.29, 0.717) is 0 Å². The van der Waals surface area contributed by atoms with Crippen LogP contribution >= 0.6 is 0 Å². The van der Waals surface area contributed by atoms with E-state index in [1.807, 2.05) is 13.1 Å². The molecule has 1 saturated heterocycles. The van der Waals surface area contributed by atoms with Gasteiger partial charge in [-0.05, 0) is 36.6 Å². The number of ether oxygens (including phenoxy) is 1. The molecule has 3 aromatic rings. The Balaban J connectivity index is 1.23. The third-order valence-corrected chi connectivity index (χ3v) is 5.88. The van der Waals surface area contributed by atoms with Gasteiger partial charge in [-0.1, -0.05) is 36.4 Å². The summed E-state index contributed by atoms with van der Waals surface area (Å²) in [5.74, 6) is 1.89. The van der Waals surface area contributed by atoms with Gasteiger partial charge in [0.15, 0.2) is 5.96 Å². The predicted molar refractivity (Wildman–Crippen MR) is 130 cm³/mol. The number of hydrogen-bond acceptors (Lipinski definition) is 4. The minimum absolute atomic E-state index is 0.752. The Labute approximate surface area is 190 Å². The molecule has 0 unspecified atom stereocenters. The molecule has 7 heteroatoms. The summed E-state index contributed by atoms with van der Waals surface area (Å²) in [5.41, 5.74) is 4.87. The lowest BCUT2D eigenvalue weighted by atomic mass is 10.1. The summed E-state index contributed by atoms with van der Waals surface area (Å²) >= 11 is 0. The maximum absolute atomic E-state index is 5.45. The van der Waals surface area contributed by atoms with Crippen molar-refractivity contribution in [2.45, 2.75) is 33.0 Å². The lowest BCUT2D eigenvalue weighted by Crippen LogP contribution is -2.37.